The van der Waals surface area contributed by atoms with Gasteiger partial charge in [-0.1, -0.05) is 33.1 Å². The van der Waals surface area contributed by atoms with Crippen LogP contribution in [0.25, 0.3) is 0 Å². The first kappa shape index (κ1) is 18.4. The van der Waals surface area contributed by atoms with Crippen molar-refractivity contribution < 1.29 is 4.79 Å². The smallest absolute Gasteiger partial charge is 0.239 e. The Hall–Kier alpha value is -0.910. The van der Waals surface area contributed by atoms with Crippen LogP contribution in [0.15, 0.2) is 4.99 Å². The Labute approximate surface area is 145 Å². The number of nitrogens with zero attached hydrogens (tertiary/aromatic N) is 2. The second-order valence-electron chi connectivity index (χ2n) is 6.90. The Morgan fingerprint density at radius 3 is 2.70 bits per heavy atom. The largest absolute Gasteiger partial charge is 0.352 e. The van der Waals surface area contributed by atoms with Crippen LogP contribution in [0.3, 0.4) is 0 Å². The highest BCUT2D eigenvalue weighted by atomic mass is 32.2. The van der Waals surface area contributed by atoms with Gasteiger partial charge in [0.2, 0.25) is 5.91 Å². The molecule has 5 nitrogen and oxygen atoms in total. The number of nitrogens with one attached hydrogen (secondary N) is 2. The van der Waals surface area contributed by atoms with Crippen LogP contribution in [0.1, 0.15) is 46.0 Å². The maximum absolute atomic E-state index is 12.1. The van der Waals surface area contributed by atoms with Crippen molar-refractivity contribution in [2.45, 2.75) is 57.2 Å². The van der Waals surface area contributed by atoms with Crippen LogP contribution in [-0.2, 0) is 4.79 Å². The van der Waals surface area contributed by atoms with Crippen LogP contribution < -0.4 is 10.6 Å². The van der Waals surface area contributed by atoms with Gasteiger partial charge in [0.1, 0.15) is 0 Å². The minimum absolute atomic E-state index is 0.0878. The highest BCUT2D eigenvalue weighted by molar-refractivity contribution is 8.00. The lowest BCUT2D eigenvalue weighted by Crippen LogP contribution is -2.51. The Morgan fingerprint density at radius 2 is 2.04 bits per heavy atom. The predicted molar refractivity (Wildman–Crippen MR) is 99.0 cm³/mol. The molecule has 2 fully saturated rings. The predicted octanol–water partition coefficient (Wildman–Crippen LogP) is 2.08. The SMILES string of the molecule is CN=C(NCC(=O)NC1CCCCC1)N1CCSC(C(C)C)C1. The topological polar surface area (TPSA) is 56.7 Å². The summed E-state index contributed by atoms with van der Waals surface area (Å²) < 4.78 is 0. The number of guanidine groups is 1. The molecule has 1 saturated heterocycles. The van der Waals surface area contributed by atoms with Crippen molar-refractivity contribution in [2.75, 3.05) is 32.4 Å². The van der Waals surface area contributed by atoms with Crippen molar-refractivity contribution in [1.82, 2.24) is 15.5 Å². The molecule has 0 spiro atoms. The number of rotatable bonds is 4. The molecule has 1 unspecified atom stereocenters. The molecule has 2 rings (SSSR count). The minimum atomic E-state index is 0.0878. The van der Waals surface area contributed by atoms with Gasteiger partial charge >= 0.3 is 0 Å². The molecule has 0 aromatic heterocycles. The van der Waals surface area contributed by atoms with E-state index >= 15 is 0 Å². The van der Waals surface area contributed by atoms with Crippen LogP contribution in [-0.4, -0.2) is 60.5 Å². The lowest BCUT2D eigenvalue weighted by molar-refractivity contribution is -0.120. The van der Waals surface area contributed by atoms with E-state index < -0.39 is 0 Å². The highest BCUT2D eigenvalue weighted by Gasteiger charge is 2.25. The van der Waals surface area contributed by atoms with E-state index in [-0.39, 0.29) is 5.91 Å². The van der Waals surface area contributed by atoms with E-state index in [4.69, 9.17) is 0 Å². The summed E-state index contributed by atoms with van der Waals surface area (Å²) >= 11 is 2.05. The molecule has 1 amide bonds. The lowest BCUT2D eigenvalue weighted by Gasteiger charge is -2.36. The van der Waals surface area contributed by atoms with Gasteiger partial charge in [-0.3, -0.25) is 9.79 Å². The van der Waals surface area contributed by atoms with Crippen LogP contribution >= 0.6 is 11.8 Å². The quantitative estimate of drug-likeness (QED) is 0.608. The molecule has 6 heteroatoms. The van der Waals surface area contributed by atoms with Crippen molar-refractivity contribution in [3.05, 3.63) is 0 Å². The Balaban J connectivity index is 1.76. The van der Waals surface area contributed by atoms with E-state index in [2.05, 4.69) is 34.4 Å². The summed E-state index contributed by atoms with van der Waals surface area (Å²) in [5, 5.41) is 7.03. The number of carbonyl (C=O) groups is 1. The highest BCUT2D eigenvalue weighted by Crippen LogP contribution is 2.24. The molecule has 2 N–H and O–H groups in total. The van der Waals surface area contributed by atoms with Gasteiger partial charge in [0.25, 0.3) is 0 Å². The van der Waals surface area contributed by atoms with E-state index in [1.54, 1.807) is 7.05 Å². The average Bonchev–Trinajstić information content (AvgIpc) is 2.56. The van der Waals surface area contributed by atoms with Crippen molar-refractivity contribution in [3.63, 3.8) is 0 Å². The van der Waals surface area contributed by atoms with Crippen LogP contribution in [0.4, 0.5) is 0 Å². The molecule has 1 aliphatic carbocycles. The summed E-state index contributed by atoms with van der Waals surface area (Å²) in [6.07, 6.45) is 6.03. The Bertz CT molecular complexity index is 407. The van der Waals surface area contributed by atoms with Crippen LogP contribution in [0.5, 0.6) is 0 Å². The number of hydrogen-bond donors (Lipinski definition) is 2. The third-order valence-corrected chi connectivity index (χ3v) is 6.27. The van der Waals surface area contributed by atoms with Crippen LogP contribution in [0, 0.1) is 5.92 Å². The van der Waals surface area contributed by atoms with Gasteiger partial charge in [-0.2, -0.15) is 11.8 Å². The van der Waals surface area contributed by atoms with Crippen molar-refractivity contribution >= 4 is 23.6 Å². The molecule has 2 aliphatic rings. The number of amides is 1. The fourth-order valence-electron chi connectivity index (χ4n) is 3.29. The number of hydrogen-bond acceptors (Lipinski definition) is 3. The van der Waals surface area contributed by atoms with Gasteiger partial charge in [0.15, 0.2) is 5.96 Å². The maximum atomic E-state index is 12.1. The first-order valence-electron chi connectivity index (χ1n) is 8.96. The van der Waals surface area contributed by atoms with Crippen LogP contribution in [0.2, 0.25) is 0 Å². The molecule has 0 bridgehead atoms. The van der Waals surface area contributed by atoms with Gasteiger partial charge < -0.3 is 15.5 Å². The van der Waals surface area contributed by atoms with E-state index in [9.17, 15) is 4.79 Å². The third kappa shape index (κ3) is 5.90. The van der Waals surface area contributed by atoms with Crippen molar-refractivity contribution in [2.24, 2.45) is 10.9 Å². The average molecular weight is 341 g/mol. The van der Waals surface area contributed by atoms with E-state index in [1.165, 1.54) is 19.3 Å². The summed E-state index contributed by atoms with van der Waals surface area (Å²) in [6, 6.07) is 0.372. The van der Waals surface area contributed by atoms with Gasteiger partial charge in [0.05, 0.1) is 6.54 Å². The zero-order valence-corrected chi connectivity index (χ0v) is 15.6. The molecule has 1 atom stereocenters. The summed E-state index contributed by atoms with van der Waals surface area (Å²) in [5.41, 5.74) is 0. The Kier molecular flexibility index (Phi) is 7.53. The summed E-state index contributed by atoms with van der Waals surface area (Å²) in [6.45, 7) is 6.87. The monoisotopic (exact) mass is 340 g/mol. The second kappa shape index (κ2) is 9.40. The normalized spacial score (nSPS) is 23.9. The number of thioether (sulfide) groups is 1. The van der Waals surface area contributed by atoms with E-state index in [0.29, 0.717) is 23.8 Å². The Morgan fingerprint density at radius 1 is 1.30 bits per heavy atom. The number of carbonyl (C=O) groups excluding carboxylic acids is 1. The second-order valence-corrected chi connectivity index (χ2v) is 8.25. The molecular formula is C17H32N4OS. The fourth-order valence-corrected chi connectivity index (χ4v) is 4.59. The summed E-state index contributed by atoms with van der Waals surface area (Å²) in [7, 11) is 1.80. The zero-order chi connectivity index (χ0) is 16.7. The molecule has 0 aromatic carbocycles. The molecule has 23 heavy (non-hydrogen) atoms. The maximum Gasteiger partial charge on any atom is 0.239 e. The van der Waals surface area contributed by atoms with Gasteiger partial charge in [-0.05, 0) is 18.8 Å². The minimum Gasteiger partial charge on any atom is -0.352 e. The zero-order valence-electron chi connectivity index (χ0n) is 14.8. The van der Waals surface area contributed by atoms with Gasteiger partial charge in [-0.25, -0.2) is 0 Å². The molecule has 0 aromatic rings. The molecular weight excluding hydrogens is 308 g/mol. The summed E-state index contributed by atoms with van der Waals surface area (Å²) in [5.74, 6) is 2.73. The first-order chi connectivity index (χ1) is 11.1. The van der Waals surface area contributed by atoms with E-state index in [0.717, 1.165) is 37.6 Å². The standard InChI is InChI=1S/C17H32N4OS/c1-13(2)15-12-21(9-10-23-15)17(18-3)19-11-16(22)20-14-7-5-4-6-8-14/h13-15H,4-12H2,1-3H3,(H,18,19)(H,20,22). The van der Waals surface area contributed by atoms with Crippen molar-refractivity contribution in [3.8, 4) is 0 Å². The fraction of sp³-hybridized carbons (Fsp3) is 0.882. The summed E-state index contributed by atoms with van der Waals surface area (Å²) in [4.78, 5) is 18.8. The molecule has 1 heterocycles. The third-order valence-electron chi connectivity index (χ3n) is 4.73. The molecule has 132 valence electrons. The van der Waals surface area contributed by atoms with Crippen molar-refractivity contribution in [1.29, 1.82) is 0 Å². The molecule has 1 saturated carbocycles. The van der Waals surface area contributed by atoms with E-state index in [1.807, 2.05) is 11.8 Å². The molecule has 0 radical (unpaired) electrons. The lowest BCUT2D eigenvalue weighted by atomic mass is 9.95. The molecule has 1 aliphatic heterocycles. The van der Waals surface area contributed by atoms with Gasteiger partial charge in [-0.15, -0.1) is 0 Å². The van der Waals surface area contributed by atoms with Gasteiger partial charge in [0, 0.05) is 37.2 Å². The number of aliphatic imine (C=N–C) groups is 1. The first-order valence-corrected chi connectivity index (χ1v) is 10.0.